The highest BCUT2D eigenvalue weighted by Crippen LogP contribution is 2.36. The lowest BCUT2D eigenvalue weighted by molar-refractivity contribution is -0.122. The molecule has 0 spiro atoms. The Bertz CT molecular complexity index is 1220. The fraction of sp³-hybridized carbons (Fsp3) is 0.321. The van der Waals surface area contributed by atoms with Crippen LogP contribution < -0.4 is 4.74 Å². The van der Waals surface area contributed by atoms with Gasteiger partial charge in [-0.2, -0.15) is 5.10 Å². The van der Waals surface area contributed by atoms with Crippen LogP contribution in [0.4, 0.5) is 0 Å². The minimum Gasteiger partial charge on any atom is -0.497 e. The molecule has 1 amide bonds. The second kappa shape index (κ2) is 11.7. The maximum atomic E-state index is 13.4. The Morgan fingerprint density at radius 2 is 1.94 bits per heavy atom. The van der Waals surface area contributed by atoms with Crippen LogP contribution in [0.2, 0.25) is 0 Å². The Labute approximate surface area is 217 Å². The van der Waals surface area contributed by atoms with Crippen molar-refractivity contribution in [2.45, 2.75) is 39.5 Å². The van der Waals surface area contributed by atoms with Gasteiger partial charge in [-0.25, -0.2) is 4.68 Å². The number of carbonyl (C=O) groups excluding carboxylic acids is 1. The van der Waals surface area contributed by atoms with Gasteiger partial charge in [0.1, 0.15) is 15.8 Å². The number of methoxy groups -OCH3 is 1. The van der Waals surface area contributed by atoms with E-state index in [0.717, 1.165) is 47.5 Å². The van der Waals surface area contributed by atoms with Gasteiger partial charge in [-0.3, -0.25) is 9.69 Å². The summed E-state index contributed by atoms with van der Waals surface area (Å²) in [6, 6.07) is 17.8. The van der Waals surface area contributed by atoms with Crippen LogP contribution in [0.15, 0.2) is 65.7 Å². The monoisotopic (exact) mass is 505 g/mol. The highest BCUT2D eigenvalue weighted by atomic mass is 32.2. The first-order chi connectivity index (χ1) is 17.0. The van der Waals surface area contributed by atoms with Gasteiger partial charge in [-0.05, 0) is 42.7 Å². The van der Waals surface area contributed by atoms with Crippen LogP contribution in [0.5, 0.6) is 5.75 Å². The van der Waals surface area contributed by atoms with Crippen LogP contribution in [-0.4, -0.2) is 38.6 Å². The molecule has 0 radical (unpaired) electrons. The number of unbranched alkanes of at least 4 members (excludes halogenated alkanes) is 1. The van der Waals surface area contributed by atoms with Crippen LogP contribution >= 0.6 is 24.0 Å². The SMILES string of the molecule is CCCCC(CC)CN1C(=O)/C(=C/c2cn(-c3ccccc3)nc2-c2cccc(OC)c2)SC1=S. The second-order valence-corrected chi connectivity index (χ2v) is 10.3. The van der Waals surface area contributed by atoms with E-state index in [1.54, 1.807) is 12.0 Å². The van der Waals surface area contributed by atoms with E-state index < -0.39 is 0 Å². The molecular formula is C28H31N3O2S2. The lowest BCUT2D eigenvalue weighted by atomic mass is 9.99. The first-order valence-corrected chi connectivity index (χ1v) is 13.3. The van der Waals surface area contributed by atoms with Crippen molar-refractivity contribution >= 4 is 40.3 Å². The third-order valence-electron chi connectivity index (χ3n) is 6.25. The minimum atomic E-state index is -0.0148. The number of hydrogen-bond acceptors (Lipinski definition) is 5. The van der Waals surface area contributed by atoms with E-state index in [9.17, 15) is 4.79 Å². The molecule has 4 rings (SSSR count). The topological polar surface area (TPSA) is 47.4 Å². The Hall–Kier alpha value is -2.90. The lowest BCUT2D eigenvalue weighted by Crippen LogP contribution is -2.33. The summed E-state index contributed by atoms with van der Waals surface area (Å²) in [5, 5.41) is 4.88. The fourth-order valence-corrected chi connectivity index (χ4v) is 5.44. The van der Waals surface area contributed by atoms with E-state index in [2.05, 4.69) is 13.8 Å². The van der Waals surface area contributed by atoms with Gasteiger partial charge < -0.3 is 4.74 Å². The number of carbonyl (C=O) groups is 1. The van der Waals surface area contributed by atoms with Crippen molar-refractivity contribution in [3.8, 4) is 22.7 Å². The van der Waals surface area contributed by atoms with Gasteiger partial charge in [0.15, 0.2) is 0 Å². The molecular weight excluding hydrogens is 474 g/mol. The number of amides is 1. The summed E-state index contributed by atoms with van der Waals surface area (Å²) < 4.78 is 7.91. The quantitative estimate of drug-likeness (QED) is 0.220. The van der Waals surface area contributed by atoms with Gasteiger partial charge in [0.25, 0.3) is 5.91 Å². The van der Waals surface area contributed by atoms with E-state index >= 15 is 0 Å². The minimum absolute atomic E-state index is 0.0148. The Morgan fingerprint density at radius 1 is 1.14 bits per heavy atom. The molecule has 35 heavy (non-hydrogen) atoms. The van der Waals surface area contributed by atoms with Crippen LogP contribution in [0.25, 0.3) is 23.0 Å². The van der Waals surface area contributed by atoms with Crippen molar-refractivity contribution in [3.63, 3.8) is 0 Å². The maximum absolute atomic E-state index is 13.4. The molecule has 7 heteroatoms. The third-order valence-corrected chi connectivity index (χ3v) is 7.63. The molecule has 1 aliphatic rings. The molecule has 1 unspecified atom stereocenters. The normalized spacial score (nSPS) is 15.7. The number of rotatable bonds is 10. The highest BCUT2D eigenvalue weighted by Gasteiger charge is 2.33. The van der Waals surface area contributed by atoms with Gasteiger partial charge in [-0.15, -0.1) is 0 Å². The molecule has 1 aromatic heterocycles. The molecule has 0 saturated carbocycles. The predicted molar refractivity (Wildman–Crippen MR) is 149 cm³/mol. The summed E-state index contributed by atoms with van der Waals surface area (Å²) in [5.41, 5.74) is 3.52. The molecule has 1 saturated heterocycles. The number of benzene rings is 2. The smallest absolute Gasteiger partial charge is 0.266 e. The largest absolute Gasteiger partial charge is 0.497 e. The van der Waals surface area contributed by atoms with Gasteiger partial charge in [0.05, 0.1) is 17.7 Å². The van der Waals surface area contributed by atoms with Gasteiger partial charge in [-0.1, -0.05) is 87.4 Å². The van der Waals surface area contributed by atoms with E-state index in [4.69, 9.17) is 22.1 Å². The molecule has 0 bridgehead atoms. The zero-order valence-corrected chi connectivity index (χ0v) is 22.1. The molecule has 0 aliphatic carbocycles. The third kappa shape index (κ3) is 5.85. The van der Waals surface area contributed by atoms with Crippen LogP contribution in [-0.2, 0) is 4.79 Å². The van der Waals surface area contributed by atoms with E-state index in [1.165, 1.54) is 18.2 Å². The molecule has 1 fully saturated rings. The lowest BCUT2D eigenvalue weighted by Gasteiger charge is -2.21. The summed E-state index contributed by atoms with van der Waals surface area (Å²) in [4.78, 5) is 15.8. The average molecular weight is 506 g/mol. The number of aromatic nitrogens is 2. The van der Waals surface area contributed by atoms with Crippen molar-refractivity contribution < 1.29 is 9.53 Å². The van der Waals surface area contributed by atoms with Gasteiger partial charge in [0, 0.05) is 23.9 Å². The van der Waals surface area contributed by atoms with Crippen LogP contribution in [0.3, 0.4) is 0 Å². The van der Waals surface area contributed by atoms with Crippen molar-refractivity contribution in [2.24, 2.45) is 5.92 Å². The fourth-order valence-electron chi connectivity index (χ4n) is 4.17. The zero-order valence-electron chi connectivity index (χ0n) is 20.4. The number of ether oxygens (including phenoxy) is 1. The molecule has 0 N–H and O–H groups in total. The molecule has 1 atom stereocenters. The first kappa shape index (κ1) is 25.2. The van der Waals surface area contributed by atoms with Crippen molar-refractivity contribution in [2.75, 3.05) is 13.7 Å². The van der Waals surface area contributed by atoms with Crippen molar-refractivity contribution in [1.82, 2.24) is 14.7 Å². The molecule has 2 heterocycles. The standard InChI is InChI=1S/C28H31N3O2S2/c1-4-6-11-20(5-2)18-30-27(32)25(35-28(30)34)17-22-19-31(23-13-8-7-9-14-23)29-26(22)21-12-10-15-24(16-21)33-3/h7-10,12-17,19-20H,4-6,11,18H2,1-3H3/b25-17-. The summed E-state index contributed by atoms with van der Waals surface area (Å²) in [7, 11) is 1.65. The maximum Gasteiger partial charge on any atom is 0.266 e. The van der Waals surface area contributed by atoms with Crippen molar-refractivity contribution in [1.29, 1.82) is 0 Å². The van der Waals surface area contributed by atoms with E-state index in [-0.39, 0.29) is 5.91 Å². The highest BCUT2D eigenvalue weighted by molar-refractivity contribution is 8.26. The number of hydrogen-bond donors (Lipinski definition) is 0. The van der Waals surface area contributed by atoms with Crippen molar-refractivity contribution in [3.05, 3.63) is 71.3 Å². The summed E-state index contributed by atoms with van der Waals surface area (Å²) >= 11 is 7.00. The summed E-state index contributed by atoms with van der Waals surface area (Å²) in [5.74, 6) is 1.20. The molecule has 182 valence electrons. The molecule has 5 nitrogen and oxygen atoms in total. The average Bonchev–Trinajstić information content (AvgIpc) is 3.43. The number of para-hydroxylation sites is 1. The first-order valence-electron chi connectivity index (χ1n) is 12.1. The predicted octanol–water partition coefficient (Wildman–Crippen LogP) is 6.97. The van der Waals surface area contributed by atoms with E-state index in [0.29, 0.717) is 21.7 Å². The van der Waals surface area contributed by atoms with Crippen LogP contribution in [0, 0.1) is 5.92 Å². The summed E-state index contributed by atoms with van der Waals surface area (Å²) in [6.07, 6.45) is 8.38. The van der Waals surface area contributed by atoms with Crippen LogP contribution in [0.1, 0.15) is 45.1 Å². The molecule has 1 aliphatic heterocycles. The Kier molecular flexibility index (Phi) is 8.42. The van der Waals surface area contributed by atoms with Gasteiger partial charge >= 0.3 is 0 Å². The number of thiocarbonyl (C=S) groups is 1. The van der Waals surface area contributed by atoms with Gasteiger partial charge in [0.2, 0.25) is 0 Å². The second-order valence-electron chi connectivity index (χ2n) is 8.65. The Balaban J connectivity index is 1.69. The zero-order chi connectivity index (χ0) is 24.8. The Morgan fingerprint density at radius 3 is 2.66 bits per heavy atom. The summed E-state index contributed by atoms with van der Waals surface area (Å²) in [6.45, 7) is 5.07. The van der Waals surface area contributed by atoms with E-state index in [1.807, 2.05) is 71.6 Å². The number of thioether (sulfide) groups is 1. The molecule has 2 aromatic carbocycles. The molecule has 3 aromatic rings. The number of nitrogens with zero attached hydrogens (tertiary/aromatic N) is 3.